The standard InChI is InChI=1S/C17H21NO5S/c1-10(2)17(20)23-16-13-8-6-7-9-14(13)24(21,22)18(11(3)4)15(16)12(5)19/h6-11H,1-5H3. The van der Waals surface area contributed by atoms with Gasteiger partial charge < -0.3 is 4.74 Å². The number of benzene rings is 1. The van der Waals surface area contributed by atoms with Crippen molar-refractivity contribution in [2.24, 2.45) is 5.92 Å². The van der Waals surface area contributed by atoms with Crippen molar-refractivity contribution in [2.45, 2.75) is 45.6 Å². The fourth-order valence-corrected chi connectivity index (χ4v) is 4.41. The highest BCUT2D eigenvalue weighted by Gasteiger charge is 2.41. The van der Waals surface area contributed by atoms with E-state index in [-0.39, 0.29) is 21.9 Å². The number of allylic oxidation sites excluding steroid dienone is 1. The lowest BCUT2D eigenvalue weighted by atomic mass is 10.1. The minimum atomic E-state index is -3.90. The smallest absolute Gasteiger partial charge is 0.313 e. The Hall–Kier alpha value is -2.15. The van der Waals surface area contributed by atoms with Crippen molar-refractivity contribution in [1.82, 2.24) is 4.31 Å². The molecule has 1 aromatic carbocycles. The Morgan fingerprint density at radius 3 is 2.17 bits per heavy atom. The van der Waals surface area contributed by atoms with E-state index < -0.39 is 33.7 Å². The van der Waals surface area contributed by atoms with E-state index in [1.54, 1.807) is 39.8 Å². The summed E-state index contributed by atoms with van der Waals surface area (Å²) in [5.74, 6) is -1.42. The van der Waals surface area contributed by atoms with Gasteiger partial charge in [-0.05, 0) is 26.0 Å². The first-order valence-corrected chi connectivity index (χ1v) is 9.13. The number of ether oxygens (including phenoxy) is 1. The van der Waals surface area contributed by atoms with Crippen LogP contribution in [0.15, 0.2) is 34.9 Å². The average molecular weight is 351 g/mol. The molecule has 1 aliphatic rings. The zero-order chi connectivity index (χ0) is 18.2. The summed E-state index contributed by atoms with van der Waals surface area (Å²) in [5, 5.41) is 0. The second-order valence-electron chi connectivity index (χ2n) is 6.20. The Balaban J connectivity index is 2.83. The molecule has 6 nitrogen and oxygen atoms in total. The quantitative estimate of drug-likeness (QED) is 0.779. The van der Waals surface area contributed by atoms with Gasteiger partial charge >= 0.3 is 5.97 Å². The Bertz CT molecular complexity index is 821. The molecular weight excluding hydrogens is 330 g/mol. The van der Waals surface area contributed by atoms with Gasteiger partial charge in [-0.15, -0.1) is 0 Å². The van der Waals surface area contributed by atoms with E-state index in [4.69, 9.17) is 4.74 Å². The van der Waals surface area contributed by atoms with E-state index in [2.05, 4.69) is 0 Å². The largest absolute Gasteiger partial charge is 0.423 e. The Morgan fingerprint density at radius 2 is 1.67 bits per heavy atom. The van der Waals surface area contributed by atoms with Gasteiger partial charge in [0, 0.05) is 18.5 Å². The number of hydrogen-bond acceptors (Lipinski definition) is 5. The van der Waals surface area contributed by atoms with E-state index in [1.165, 1.54) is 19.1 Å². The summed E-state index contributed by atoms with van der Waals surface area (Å²) in [5.41, 5.74) is 0.117. The summed E-state index contributed by atoms with van der Waals surface area (Å²) in [7, 11) is -3.90. The maximum atomic E-state index is 12.9. The van der Waals surface area contributed by atoms with Crippen LogP contribution in [-0.2, 0) is 24.3 Å². The topological polar surface area (TPSA) is 80.8 Å². The highest BCUT2D eigenvalue weighted by molar-refractivity contribution is 7.89. The molecule has 1 heterocycles. The van der Waals surface area contributed by atoms with Crippen LogP contribution in [0.4, 0.5) is 0 Å². The number of fused-ring (bicyclic) bond motifs is 1. The van der Waals surface area contributed by atoms with Crippen molar-refractivity contribution in [3.05, 3.63) is 35.5 Å². The number of sulfonamides is 1. The Kier molecular flexibility index (Phi) is 4.85. The van der Waals surface area contributed by atoms with E-state index >= 15 is 0 Å². The fourth-order valence-electron chi connectivity index (χ4n) is 2.51. The van der Waals surface area contributed by atoms with Crippen molar-refractivity contribution in [3.63, 3.8) is 0 Å². The van der Waals surface area contributed by atoms with Crippen molar-refractivity contribution >= 4 is 27.5 Å². The third kappa shape index (κ3) is 2.96. The summed E-state index contributed by atoms with van der Waals surface area (Å²) in [6.45, 7) is 7.92. The van der Waals surface area contributed by atoms with Crippen LogP contribution in [-0.4, -0.2) is 30.5 Å². The zero-order valence-electron chi connectivity index (χ0n) is 14.4. The molecule has 0 atom stereocenters. The molecule has 0 fully saturated rings. The van der Waals surface area contributed by atoms with Crippen LogP contribution in [0.25, 0.3) is 5.76 Å². The number of rotatable bonds is 4. The molecule has 0 aliphatic carbocycles. The molecule has 0 spiro atoms. The van der Waals surface area contributed by atoms with E-state index in [0.717, 1.165) is 4.31 Å². The Morgan fingerprint density at radius 1 is 1.08 bits per heavy atom. The van der Waals surface area contributed by atoms with Gasteiger partial charge in [-0.3, -0.25) is 13.9 Å². The van der Waals surface area contributed by atoms with E-state index in [1.807, 2.05) is 0 Å². The lowest BCUT2D eigenvalue weighted by Gasteiger charge is -2.35. The monoisotopic (exact) mass is 351 g/mol. The van der Waals surface area contributed by atoms with Crippen molar-refractivity contribution in [2.75, 3.05) is 0 Å². The number of ketones is 1. The second kappa shape index (κ2) is 6.39. The summed E-state index contributed by atoms with van der Waals surface area (Å²) < 4.78 is 32.3. The number of nitrogens with zero attached hydrogens (tertiary/aromatic N) is 1. The predicted octanol–water partition coefficient (Wildman–Crippen LogP) is 2.56. The van der Waals surface area contributed by atoms with E-state index in [0.29, 0.717) is 0 Å². The van der Waals surface area contributed by atoms with Crippen LogP contribution in [0.1, 0.15) is 40.2 Å². The molecular formula is C17H21NO5S. The highest BCUT2D eigenvalue weighted by Crippen LogP contribution is 2.39. The number of carbonyl (C=O) groups excluding carboxylic acids is 2. The van der Waals surface area contributed by atoms with Crippen LogP contribution in [0, 0.1) is 5.92 Å². The van der Waals surface area contributed by atoms with Crippen molar-refractivity contribution in [1.29, 1.82) is 0 Å². The highest BCUT2D eigenvalue weighted by atomic mass is 32.2. The lowest BCUT2D eigenvalue weighted by molar-refractivity contribution is -0.140. The number of esters is 1. The van der Waals surface area contributed by atoms with E-state index in [9.17, 15) is 18.0 Å². The molecule has 130 valence electrons. The molecule has 1 aromatic rings. The van der Waals surface area contributed by atoms with Gasteiger partial charge in [-0.25, -0.2) is 8.42 Å². The van der Waals surface area contributed by atoms with Crippen LogP contribution in [0.2, 0.25) is 0 Å². The number of Topliss-reactive ketones (excluding diaryl/α,β-unsaturated/α-hetero) is 1. The van der Waals surface area contributed by atoms with Gasteiger partial charge in [-0.2, -0.15) is 0 Å². The molecule has 0 N–H and O–H groups in total. The average Bonchev–Trinajstić information content (AvgIpc) is 2.48. The minimum Gasteiger partial charge on any atom is -0.423 e. The maximum Gasteiger partial charge on any atom is 0.313 e. The summed E-state index contributed by atoms with van der Waals surface area (Å²) in [6.07, 6.45) is 0. The molecule has 0 saturated heterocycles. The van der Waals surface area contributed by atoms with Crippen molar-refractivity contribution in [3.8, 4) is 0 Å². The molecule has 0 saturated carbocycles. The lowest BCUT2D eigenvalue weighted by Crippen LogP contribution is -2.42. The number of carbonyl (C=O) groups is 2. The SMILES string of the molecule is CC(=O)C1=C(OC(=O)C(C)C)c2ccccc2S(=O)(=O)N1C(C)C. The molecule has 0 aromatic heterocycles. The first-order chi connectivity index (χ1) is 11.1. The van der Waals surface area contributed by atoms with Gasteiger partial charge in [0.1, 0.15) is 5.70 Å². The molecule has 0 amide bonds. The first-order valence-electron chi connectivity index (χ1n) is 7.69. The van der Waals surface area contributed by atoms with Gasteiger partial charge in [-0.1, -0.05) is 26.0 Å². The van der Waals surface area contributed by atoms with Gasteiger partial charge in [0.2, 0.25) is 0 Å². The number of hydrogen-bond donors (Lipinski definition) is 0. The summed E-state index contributed by atoms with van der Waals surface area (Å²) in [6, 6.07) is 5.71. The normalized spacial score (nSPS) is 16.4. The maximum absolute atomic E-state index is 12.9. The fraction of sp³-hybridized carbons (Fsp3) is 0.412. The van der Waals surface area contributed by atoms with Crippen LogP contribution >= 0.6 is 0 Å². The Labute approximate surface area is 142 Å². The van der Waals surface area contributed by atoms with Crippen molar-refractivity contribution < 1.29 is 22.7 Å². The summed E-state index contributed by atoms with van der Waals surface area (Å²) in [4.78, 5) is 24.3. The zero-order valence-corrected chi connectivity index (χ0v) is 15.2. The molecule has 0 radical (unpaired) electrons. The molecule has 24 heavy (non-hydrogen) atoms. The molecule has 2 rings (SSSR count). The van der Waals surface area contributed by atoms with Gasteiger partial charge in [0.15, 0.2) is 11.5 Å². The molecule has 0 unspecified atom stereocenters. The molecule has 7 heteroatoms. The predicted molar refractivity (Wildman–Crippen MR) is 89.1 cm³/mol. The third-order valence-corrected chi connectivity index (χ3v) is 5.61. The van der Waals surface area contributed by atoms with Crippen LogP contribution in [0.3, 0.4) is 0 Å². The second-order valence-corrected chi connectivity index (χ2v) is 7.98. The van der Waals surface area contributed by atoms with Crippen LogP contribution in [0.5, 0.6) is 0 Å². The van der Waals surface area contributed by atoms with Gasteiger partial charge in [0.25, 0.3) is 10.0 Å². The van der Waals surface area contributed by atoms with Gasteiger partial charge in [0.05, 0.1) is 10.8 Å². The molecule has 1 aliphatic heterocycles. The summed E-state index contributed by atoms with van der Waals surface area (Å²) >= 11 is 0. The third-order valence-electron chi connectivity index (χ3n) is 3.58. The van der Waals surface area contributed by atoms with Crippen LogP contribution < -0.4 is 0 Å². The minimum absolute atomic E-state index is 0.000301. The first kappa shape index (κ1) is 18.2. The molecule has 0 bridgehead atoms.